The van der Waals surface area contributed by atoms with E-state index < -0.39 is 11.9 Å². The highest BCUT2D eigenvalue weighted by molar-refractivity contribution is 5.91. The van der Waals surface area contributed by atoms with Crippen LogP contribution >= 0.6 is 0 Å². The summed E-state index contributed by atoms with van der Waals surface area (Å²) in [7, 11) is 1.46. The fourth-order valence-corrected chi connectivity index (χ4v) is 2.82. The van der Waals surface area contributed by atoms with E-state index in [1.54, 1.807) is 12.4 Å². The van der Waals surface area contributed by atoms with Crippen LogP contribution in [-0.4, -0.2) is 36.2 Å². The summed E-state index contributed by atoms with van der Waals surface area (Å²) in [5, 5.41) is 0. The SMILES string of the molecule is CNOC(=O)/C=C/C(=O)OC1CC2CC2N1c1cccnc1. The number of hydroxylamine groups is 1. The molecule has 3 atom stereocenters. The Kier molecular flexibility index (Phi) is 4.06. The Labute approximate surface area is 127 Å². The second kappa shape index (κ2) is 6.15. The van der Waals surface area contributed by atoms with Crippen LogP contribution in [0, 0.1) is 5.92 Å². The average molecular weight is 303 g/mol. The zero-order valence-corrected chi connectivity index (χ0v) is 12.1. The van der Waals surface area contributed by atoms with Gasteiger partial charge in [0, 0.05) is 37.9 Å². The molecule has 2 fully saturated rings. The molecule has 0 amide bonds. The summed E-state index contributed by atoms with van der Waals surface area (Å²) in [5.74, 6) is -0.651. The number of hydrogen-bond donors (Lipinski definition) is 1. The number of aromatic nitrogens is 1. The largest absolute Gasteiger partial charge is 0.438 e. The van der Waals surface area contributed by atoms with Gasteiger partial charge < -0.3 is 14.5 Å². The molecule has 1 saturated carbocycles. The Morgan fingerprint density at radius 2 is 2.18 bits per heavy atom. The number of pyridine rings is 1. The maximum absolute atomic E-state index is 11.8. The normalized spacial score (nSPS) is 25.9. The number of anilines is 1. The van der Waals surface area contributed by atoms with Gasteiger partial charge in [-0.05, 0) is 24.5 Å². The summed E-state index contributed by atoms with van der Waals surface area (Å²) < 4.78 is 5.45. The van der Waals surface area contributed by atoms with Gasteiger partial charge in [-0.1, -0.05) is 0 Å². The highest BCUT2D eigenvalue weighted by atomic mass is 16.7. The third-order valence-corrected chi connectivity index (χ3v) is 3.81. The Balaban J connectivity index is 1.62. The number of esters is 1. The van der Waals surface area contributed by atoms with E-state index in [9.17, 15) is 9.59 Å². The van der Waals surface area contributed by atoms with Crippen molar-refractivity contribution in [1.82, 2.24) is 10.5 Å². The highest BCUT2D eigenvalue weighted by Gasteiger charge is 2.53. The van der Waals surface area contributed by atoms with Crippen LogP contribution in [0.1, 0.15) is 12.8 Å². The Morgan fingerprint density at radius 3 is 2.91 bits per heavy atom. The van der Waals surface area contributed by atoms with Gasteiger partial charge in [-0.2, -0.15) is 5.48 Å². The smallest absolute Gasteiger partial charge is 0.349 e. The van der Waals surface area contributed by atoms with Crippen molar-refractivity contribution in [2.45, 2.75) is 25.1 Å². The maximum atomic E-state index is 11.8. The molecule has 3 unspecified atom stereocenters. The molecule has 0 aromatic carbocycles. The van der Waals surface area contributed by atoms with Gasteiger partial charge in [0.25, 0.3) is 0 Å². The van der Waals surface area contributed by atoms with Crippen molar-refractivity contribution in [2.24, 2.45) is 5.92 Å². The molecule has 1 aromatic heterocycles. The average Bonchev–Trinajstić information content (AvgIpc) is 3.18. The number of ether oxygens (including phenoxy) is 1. The van der Waals surface area contributed by atoms with Crippen LogP contribution in [0.2, 0.25) is 0 Å². The minimum Gasteiger partial charge on any atom is -0.438 e. The zero-order valence-electron chi connectivity index (χ0n) is 12.1. The first-order valence-electron chi connectivity index (χ1n) is 7.13. The van der Waals surface area contributed by atoms with Crippen LogP contribution in [0.25, 0.3) is 0 Å². The third kappa shape index (κ3) is 3.09. The monoisotopic (exact) mass is 303 g/mol. The van der Waals surface area contributed by atoms with Gasteiger partial charge in [-0.15, -0.1) is 0 Å². The second-order valence-electron chi connectivity index (χ2n) is 5.27. The molecule has 0 radical (unpaired) electrons. The van der Waals surface area contributed by atoms with E-state index in [0.717, 1.165) is 30.7 Å². The van der Waals surface area contributed by atoms with Crippen molar-refractivity contribution in [2.75, 3.05) is 11.9 Å². The minimum atomic E-state index is -0.655. The summed E-state index contributed by atoms with van der Waals surface area (Å²) in [5.41, 5.74) is 3.18. The number of rotatable bonds is 5. The molecule has 2 heterocycles. The van der Waals surface area contributed by atoms with Gasteiger partial charge >= 0.3 is 11.9 Å². The van der Waals surface area contributed by atoms with Gasteiger partial charge in [0.05, 0.1) is 11.9 Å². The van der Waals surface area contributed by atoms with Crippen molar-refractivity contribution in [3.63, 3.8) is 0 Å². The van der Waals surface area contributed by atoms with Crippen LogP contribution in [0.4, 0.5) is 5.69 Å². The molecule has 1 aromatic rings. The molecule has 1 saturated heterocycles. The lowest BCUT2D eigenvalue weighted by Crippen LogP contribution is -2.36. The Morgan fingerprint density at radius 1 is 1.36 bits per heavy atom. The van der Waals surface area contributed by atoms with E-state index in [1.807, 2.05) is 12.1 Å². The lowest BCUT2D eigenvalue weighted by Gasteiger charge is -2.28. The van der Waals surface area contributed by atoms with Crippen molar-refractivity contribution in [3.05, 3.63) is 36.7 Å². The van der Waals surface area contributed by atoms with Crippen LogP contribution < -0.4 is 10.4 Å². The number of carbonyl (C=O) groups excluding carboxylic acids is 2. The Hall–Kier alpha value is -2.41. The summed E-state index contributed by atoms with van der Waals surface area (Å²) >= 11 is 0. The van der Waals surface area contributed by atoms with Crippen LogP contribution in [0.15, 0.2) is 36.7 Å². The first kappa shape index (κ1) is 14.5. The molecule has 0 spiro atoms. The van der Waals surface area contributed by atoms with Gasteiger partial charge in [0.2, 0.25) is 0 Å². The van der Waals surface area contributed by atoms with E-state index in [0.29, 0.717) is 12.0 Å². The fourth-order valence-electron chi connectivity index (χ4n) is 2.82. The number of nitrogens with zero attached hydrogens (tertiary/aromatic N) is 2. The molecule has 7 heteroatoms. The third-order valence-electron chi connectivity index (χ3n) is 3.81. The molecule has 116 valence electrons. The number of fused-ring (bicyclic) bond motifs is 1. The standard InChI is InChI=1S/C15H17N3O4/c1-16-22-15(20)5-4-14(19)21-13-8-10-7-12(10)18(13)11-3-2-6-17-9-11/h2-6,9-10,12-13,16H,7-8H2,1H3/b5-4+. The fraction of sp³-hybridized carbons (Fsp3) is 0.400. The first-order valence-corrected chi connectivity index (χ1v) is 7.13. The van der Waals surface area contributed by atoms with E-state index in [1.165, 1.54) is 7.05 Å². The molecular formula is C15H17N3O4. The van der Waals surface area contributed by atoms with Gasteiger partial charge in [-0.25, -0.2) is 9.59 Å². The molecule has 1 aliphatic heterocycles. The van der Waals surface area contributed by atoms with Crippen molar-refractivity contribution >= 4 is 17.6 Å². The van der Waals surface area contributed by atoms with Gasteiger partial charge in [0.15, 0.2) is 6.23 Å². The van der Waals surface area contributed by atoms with Gasteiger partial charge in [0.1, 0.15) is 0 Å². The topological polar surface area (TPSA) is 80.8 Å². The number of nitrogens with one attached hydrogen (secondary N) is 1. The van der Waals surface area contributed by atoms with Crippen LogP contribution in [0.3, 0.4) is 0 Å². The van der Waals surface area contributed by atoms with Crippen molar-refractivity contribution in [1.29, 1.82) is 0 Å². The highest BCUT2D eigenvalue weighted by Crippen LogP contribution is 2.49. The molecule has 2 aliphatic rings. The molecule has 3 rings (SSSR count). The number of hydrogen-bond acceptors (Lipinski definition) is 7. The van der Waals surface area contributed by atoms with E-state index in [4.69, 9.17) is 4.74 Å². The maximum Gasteiger partial charge on any atom is 0.349 e. The summed E-state index contributed by atoms with van der Waals surface area (Å²) in [6.45, 7) is 0. The summed E-state index contributed by atoms with van der Waals surface area (Å²) in [4.78, 5) is 33.6. The molecule has 1 aliphatic carbocycles. The summed E-state index contributed by atoms with van der Waals surface area (Å²) in [6, 6.07) is 4.23. The quantitative estimate of drug-likeness (QED) is 0.489. The van der Waals surface area contributed by atoms with E-state index in [2.05, 4.69) is 20.2 Å². The van der Waals surface area contributed by atoms with E-state index in [-0.39, 0.29) is 6.23 Å². The van der Waals surface area contributed by atoms with Crippen molar-refractivity contribution < 1.29 is 19.2 Å². The van der Waals surface area contributed by atoms with E-state index >= 15 is 0 Å². The first-order chi connectivity index (χ1) is 10.7. The summed E-state index contributed by atoms with van der Waals surface area (Å²) in [6.07, 6.45) is 7.19. The molecule has 0 bridgehead atoms. The second-order valence-corrected chi connectivity index (χ2v) is 5.27. The van der Waals surface area contributed by atoms with Gasteiger partial charge in [-0.3, -0.25) is 4.98 Å². The predicted octanol–water partition coefficient (Wildman–Crippen LogP) is 0.783. The molecule has 22 heavy (non-hydrogen) atoms. The van der Waals surface area contributed by atoms with Crippen LogP contribution in [-0.2, 0) is 19.2 Å². The van der Waals surface area contributed by atoms with Crippen LogP contribution in [0.5, 0.6) is 0 Å². The number of piperidine rings is 1. The lowest BCUT2D eigenvalue weighted by molar-refractivity contribution is -0.146. The Bertz CT molecular complexity index is 590. The predicted molar refractivity (Wildman–Crippen MR) is 77.4 cm³/mol. The van der Waals surface area contributed by atoms with Crippen molar-refractivity contribution in [3.8, 4) is 0 Å². The molecular weight excluding hydrogens is 286 g/mol. The lowest BCUT2D eigenvalue weighted by atomic mass is 10.3. The molecule has 1 N–H and O–H groups in total. The minimum absolute atomic E-state index is 0.314. The zero-order chi connectivity index (χ0) is 15.5. The number of carbonyl (C=O) groups is 2. The molecule has 7 nitrogen and oxygen atoms in total.